The van der Waals surface area contributed by atoms with Gasteiger partial charge in [0.2, 0.25) is 5.91 Å². The van der Waals surface area contributed by atoms with E-state index in [1.807, 2.05) is 24.3 Å². The van der Waals surface area contributed by atoms with Crippen molar-refractivity contribution in [2.75, 3.05) is 5.75 Å². The molecule has 2 aromatic carbocycles. The zero-order valence-corrected chi connectivity index (χ0v) is 16.1. The lowest BCUT2D eigenvalue weighted by Crippen LogP contribution is -2.56. The fraction of sp³-hybridized carbons (Fsp3) is 0.500. The van der Waals surface area contributed by atoms with Gasteiger partial charge in [0.15, 0.2) is 9.84 Å². The lowest BCUT2D eigenvalue weighted by atomic mass is 9.54. The monoisotopic (exact) mass is 383 g/mol. The summed E-state index contributed by atoms with van der Waals surface area (Å²) >= 11 is 0. The quantitative estimate of drug-likeness (QED) is 0.878. The second-order valence-electron chi connectivity index (χ2n) is 8.79. The van der Waals surface area contributed by atoms with Crippen molar-refractivity contribution in [2.24, 2.45) is 23.7 Å². The first-order valence-electron chi connectivity index (χ1n) is 9.99. The molecule has 0 saturated heterocycles. The molecule has 4 saturated carbocycles. The number of rotatable bonds is 4. The number of fused-ring (bicyclic) bond motifs is 1. The Labute approximate surface area is 160 Å². The van der Waals surface area contributed by atoms with Gasteiger partial charge in [-0.05, 0) is 78.7 Å². The molecule has 1 amide bonds. The third kappa shape index (κ3) is 3.16. The average Bonchev–Trinajstić information content (AvgIpc) is 2.63. The summed E-state index contributed by atoms with van der Waals surface area (Å²) in [7, 11) is -3.64. The van der Waals surface area contributed by atoms with E-state index in [9.17, 15) is 13.2 Å². The third-order valence-electron chi connectivity index (χ3n) is 6.96. The smallest absolute Gasteiger partial charge is 0.235 e. The Morgan fingerprint density at radius 3 is 2.19 bits per heavy atom. The molecule has 0 spiro atoms. The van der Waals surface area contributed by atoms with Crippen LogP contribution in [0.2, 0.25) is 0 Å². The van der Waals surface area contributed by atoms with Gasteiger partial charge < -0.3 is 5.32 Å². The predicted molar refractivity (Wildman–Crippen MR) is 105 cm³/mol. The fourth-order valence-electron chi connectivity index (χ4n) is 6.01. The van der Waals surface area contributed by atoms with Gasteiger partial charge in [0.1, 0.15) is 5.75 Å². The number of benzene rings is 2. The van der Waals surface area contributed by atoms with Crippen molar-refractivity contribution in [1.82, 2.24) is 5.32 Å². The zero-order valence-electron chi connectivity index (χ0n) is 15.3. The lowest BCUT2D eigenvalue weighted by molar-refractivity contribution is -0.122. The van der Waals surface area contributed by atoms with Gasteiger partial charge in [0.05, 0.1) is 4.90 Å². The van der Waals surface area contributed by atoms with E-state index in [2.05, 4.69) is 5.32 Å². The summed E-state index contributed by atoms with van der Waals surface area (Å²) in [6, 6.07) is 12.9. The molecule has 1 N–H and O–H groups in total. The molecule has 4 aliphatic rings. The van der Waals surface area contributed by atoms with Crippen molar-refractivity contribution < 1.29 is 13.2 Å². The molecule has 0 aliphatic heterocycles. The standard InChI is InChI=1S/C22H25NO3S/c24-21(23-22-18-8-14-7-15(10-18)11-19(22)9-14)13-27(25,26)20-6-5-16-3-1-2-4-17(16)12-20/h1-6,12,14-15,18-19,22H,7-11,13H2,(H,23,24). The van der Waals surface area contributed by atoms with E-state index >= 15 is 0 Å². The van der Waals surface area contributed by atoms with Gasteiger partial charge >= 0.3 is 0 Å². The van der Waals surface area contributed by atoms with Crippen LogP contribution in [-0.4, -0.2) is 26.1 Å². The number of hydrogen-bond donors (Lipinski definition) is 1. The van der Waals surface area contributed by atoms with Crippen molar-refractivity contribution in [3.63, 3.8) is 0 Å². The van der Waals surface area contributed by atoms with Gasteiger partial charge in [-0.15, -0.1) is 0 Å². The number of nitrogens with one attached hydrogen (secondary N) is 1. The zero-order chi connectivity index (χ0) is 18.6. The summed E-state index contributed by atoms with van der Waals surface area (Å²) in [5.41, 5.74) is 0. The van der Waals surface area contributed by atoms with Gasteiger partial charge in [0, 0.05) is 6.04 Å². The van der Waals surface area contributed by atoms with Crippen molar-refractivity contribution in [2.45, 2.75) is 43.0 Å². The molecule has 4 fully saturated rings. The van der Waals surface area contributed by atoms with E-state index in [-0.39, 0.29) is 16.8 Å². The molecule has 2 aromatic rings. The van der Waals surface area contributed by atoms with Crippen LogP contribution in [-0.2, 0) is 14.6 Å². The minimum absolute atomic E-state index is 0.178. The number of sulfone groups is 1. The van der Waals surface area contributed by atoms with Crippen LogP contribution in [0.15, 0.2) is 47.4 Å². The summed E-state index contributed by atoms with van der Waals surface area (Å²) in [5, 5.41) is 4.98. The highest BCUT2D eigenvalue weighted by molar-refractivity contribution is 7.92. The van der Waals surface area contributed by atoms with Crippen LogP contribution in [0.5, 0.6) is 0 Å². The Hall–Kier alpha value is -1.88. The largest absolute Gasteiger partial charge is 0.352 e. The Morgan fingerprint density at radius 2 is 1.52 bits per heavy atom. The first kappa shape index (κ1) is 17.2. The highest BCUT2D eigenvalue weighted by Crippen LogP contribution is 2.53. The Balaban J connectivity index is 1.31. The Bertz CT molecular complexity index is 970. The van der Waals surface area contributed by atoms with E-state index in [1.165, 1.54) is 32.1 Å². The third-order valence-corrected chi connectivity index (χ3v) is 8.57. The number of amides is 1. The van der Waals surface area contributed by atoms with Crippen molar-refractivity contribution in [1.29, 1.82) is 0 Å². The lowest BCUT2D eigenvalue weighted by Gasteiger charge is -2.54. The molecule has 6 rings (SSSR count). The molecule has 4 aliphatic carbocycles. The van der Waals surface area contributed by atoms with Gasteiger partial charge in [-0.1, -0.05) is 30.3 Å². The minimum Gasteiger partial charge on any atom is -0.352 e. The summed E-state index contributed by atoms with van der Waals surface area (Å²) in [6.45, 7) is 0. The van der Waals surface area contributed by atoms with Gasteiger partial charge in [0.25, 0.3) is 0 Å². The molecule has 0 unspecified atom stereocenters. The van der Waals surface area contributed by atoms with E-state index in [0.29, 0.717) is 11.8 Å². The molecular formula is C22H25NO3S. The van der Waals surface area contributed by atoms with Crippen molar-refractivity contribution in [3.8, 4) is 0 Å². The normalized spacial score (nSPS) is 31.9. The van der Waals surface area contributed by atoms with Crippen LogP contribution in [0.3, 0.4) is 0 Å². The second kappa shape index (κ2) is 6.33. The number of hydrogen-bond acceptors (Lipinski definition) is 3. The first-order chi connectivity index (χ1) is 13.0. The predicted octanol–water partition coefficient (Wildman–Crippen LogP) is 3.55. The van der Waals surface area contributed by atoms with Crippen molar-refractivity contribution in [3.05, 3.63) is 42.5 Å². The maximum absolute atomic E-state index is 12.8. The summed E-state index contributed by atoms with van der Waals surface area (Å²) in [4.78, 5) is 12.8. The first-order valence-corrected chi connectivity index (χ1v) is 11.6. The van der Waals surface area contributed by atoms with E-state index in [1.54, 1.807) is 18.2 Å². The molecule has 142 valence electrons. The van der Waals surface area contributed by atoms with E-state index < -0.39 is 15.6 Å². The fourth-order valence-corrected chi connectivity index (χ4v) is 7.18. The molecular weight excluding hydrogens is 358 g/mol. The number of carbonyl (C=O) groups excluding carboxylic acids is 1. The van der Waals surface area contributed by atoms with Crippen LogP contribution in [0.1, 0.15) is 32.1 Å². The summed E-state index contributed by atoms with van der Waals surface area (Å²) in [6.07, 6.45) is 6.18. The van der Waals surface area contributed by atoms with Crippen LogP contribution in [0.4, 0.5) is 0 Å². The molecule has 0 aromatic heterocycles. The SMILES string of the molecule is O=C(CS(=O)(=O)c1ccc2ccccc2c1)NC1C2CC3CC(C2)CC1C3. The molecule has 0 heterocycles. The molecule has 4 bridgehead atoms. The second-order valence-corrected chi connectivity index (χ2v) is 10.8. The summed E-state index contributed by atoms with van der Waals surface area (Å²) in [5.74, 6) is 1.96. The topological polar surface area (TPSA) is 63.2 Å². The maximum atomic E-state index is 12.8. The van der Waals surface area contributed by atoms with Crippen LogP contribution < -0.4 is 5.32 Å². The number of carbonyl (C=O) groups is 1. The van der Waals surface area contributed by atoms with Crippen LogP contribution in [0.25, 0.3) is 10.8 Å². The van der Waals surface area contributed by atoms with Crippen LogP contribution >= 0.6 is 0 Å². The molecule has 5 heteroatoms. The molecule has 27 heavy (non-hydrogen) atoms. The van der Waals surface area contributed by atoms with E-state index in [4.69, 9.17) is 0 Å². The van der Waals surface area contributed by atoms with E-state index in [0.717, 1.165) is 22.6 Å². The molecule has 4 nitrogen and oxygen atoms in total. The minimum atomic E-state index is -3.64. The summed E-state index contributed by atoms with van der Waals surface area (Å²) < 4.78 is 25.5. The maximum Gasteiger partial charge on any atom is 0.235 e. The Morgan fingerprint density at radius 1 is 0.889 bits per heavy atom. The van der Waals surface area contributed by atoms with Crippen LogP contribution in [0, 0.1) is 23.7 Å². The molecule has 0 radical (unpaired) electrons. The van der Waals surface area contributed by atoms with Gasteiger partial charge in [-0.3, -0.25) is 4.79 Å². The van der Waals surface area contributed by atoms with Crippen molar-refractivity contribution >= 4 is 26.5 Å². The highest BCUT2D eigenvalue weighted by atomic mass is 32.2. The Kier molecular flexibility index (Phi) is 4.04. The molecule has 0 atom stereocenters. The average molecular weight is 384 g/mol. The highest BCUT2D eigenvalue weighted by Gasteiger charge is 2.48. The van der Waals surface area contributed by atoms with Gasteiger partial charge in [-0.25, -0.2) is 8.42 Å². The van der Waals surface area contributed by atoms with Gasteiger partial charge in [-0.2, -0.15) is 0 Å².